The summed E-state index contributed by atoms with van der Waals surface area (Å²) in [7, 11) is -4.05. The second-order valence-electron chi connectivity index (χ2n) is 6.45. The molecule has 0 saturated heterocycles. The van der Waals surface area contributed by atoms with E-state index in [9.17, 15) is 22.0 Å². The van der Waals surface area contributed by atoms with Crippen LogP contribution in [0.3, 0.4) is 0 Å². The van der Waals surface area contributed by atoms with Crippen LogP contribution in [0.5, 0.6) is 5.75 Å². The van der Waals surface area contributed by atoms with E-state index in [1.807, 2.05) is 13.0 Å². The molecule has 2 aromatic rings. The molecule has 0 heterocycles. The van der Waals surface area contributed by atoms with E-state index >= 15 is 0 Å². The number of sulfonamides is 1. The van der Waals surface area contributed by atoms with Gasteiger partial charge in [-0.25, -0.2) is 21.9 Å². The van der Waals surface area contributed by atoms with Gasteiger partial charge in [0.15, 0.2) is 11.6 Å². The molecule has 29 heavy (non-hydrogen) atoms. The molecule has 158 valence electrons. The summed E-state index contributed by atoms with van der Waals surface area (Å²) in [5.41, 5.74) is 1.41. The van der Waals surface area contributed by atoms with Gasteiger partial charge in [0.05, 0.1) is 11.5 Å². The molecule has 0 saturated carbocycles. The highest BCUT2D eigenvalue weighted by Gasteiger charge is 2.17. The van der Waals surface area contributed by atoms with E-state index in [2.05, 4.69) is 17.0 Å². The number of carbonyl (C=O) groups is 1. The number of aryl methyl sites for hydroxylation is 1. The van der Waals surface area contributed by atoms with E-state index in [-0.39, 0.29) is 18.9 Å². The lowest BCUT2D eigenvalue weighted by molar-refractivity contribution is -0.116. The quantitative estimate of drug-likeness (QED) is 0.567. The number of halogens is 2. The van der Waals surface area contributed by atoms with Crippen molar-refractivity contribution >= 4 is 21.6 Å². The van der Waals surface area contributed by atoms with E-state index in [1.165, 1.54) is 0 Å². The van der Waals surface area contributed by atoms with Crippen LogP contribution in [0.4, 0.5) is 14.5 Å². The number of hydrogen-bond donors (Lipinski definition) is 2. The van der Waals surface area contributed by atoms with Gasteiger partial charge in [-0.05, 0) is 55.3 Å². The van der Waals surface area contributed by atoms with Gasteiger partial charge < -0.3 is 10.1 Å². The van der Waals surface area contributed by atoms with Crippen LogP contribution in [0.2, 0.25) is 0 Å². The normalized spacial score (nSPS) is 11.3. The Bertz CT molecular complexity index is 965. The van der Waals surface area contributed by atoms with Gasteiger partial charge in [-0.3, -0.25) is 4.79 Å². The first-order chi connectivity index (χ1) is 13.7. The number of carbonyl (C=O) groups excluding carboxylic acids is 1. The maximum absolute atomic E-state index is 13.2. The summed E-state index contributed by atoms with van der Waals surface area (Å²) in [5.74, 6) is -2.07. The molecule has 0 aromatic heterocycles. The first-order valence-corrected chi connectivity index (χ1v) is 10.7. The van der Waals surface area contributed by atoms with Gasteiger partial charge in [-0.1, -0.05) is 13.3 Å². The zero-order chi connectivity index (χ0) is 21.4. The number of hydrogen-bond acceptors (Lipinski definition) is 4. The molecular weight excluding hydrogens is 402 g/mol. The van der Waals surface area contributed by atoms with E-state index in [0.29, 0.717) is 24.1 Å². The molecule has 0 radical (unpaired) electrons. The zero-order valence-corrected chi connectivity index (χ0v) is 17.1. The molecule has 0 aliphatic carbocycles. The molecule has 0 spiro atoms. The van der Waals surface area contributed by atoms with Crippen LogP contribution >= 0.6 is 0 Å². The van der Waals surface area contributed by atoms with Crippen LogP contribution < -0.4 is 14.8 Å². The Kier molecular flexibility index (Phi) is 8.10. The third-order valence-corrected chi connectivity index (χ3v) is 5.54. The van der Waals surface area contributed by atoms with Crippen LogP contribution in [0.25, 0.3) is 0 Å². The van der Waals surface area contributed by atoms with Crippen molar-refractivity contribution in [3.05, 3.63) is 53.6 Å². The molecule has 0 fully saturated rings. The predicted molar refractivity (Wildman–Crippen MR) is 106 cm³/mol. The predicted octanol–water partition coefficient (Wildman–Crippen LogP) is 3.76. The number of ether oxygens (including phenoxy) is 1. The van der Waals surface area contributed by atoms with Crippen LogP contribution in [0.15, 0.2) is 41.3 Å². The van der Waals surface area contributed by atoms with Crippen molar-refractivity contribution in [3.63, 3.8) is 0 Å². The molecule has 0 aliphatic heterocycles. The van der Waals surface area contributed by atoms with Gasteiger partial charge >= 0.3 is 0 Å². The smallest absolute Gasteiger partial charge is 0.240 e. The highest BCUT2D eigenvalue weighted by atomic mass is 32.2. The van der Waals surface area contributed by atoms with Crippen LogP contribution in [0, 0.1) is 18.6 Å². The highest BCUT2D eigenvalue weighted by molar-refractivity contribution is 7.89. The number of anilines is 1. The molecule has 1 amide bonds. The fourth-order valence-electron chi connectivity index (χ4n) is 2.44. The molecule has 9 heteroatoms. The maximum Gasteiger partial charge on any atom is 0.240 e. The molecular formula is C20H24F2N2O4S. The Hall–Kier alpha value is -2.52. The van der Waals surface area contributed by atoms with Gasteiger partial charge in [0, 0.05) is 18.7 Å². The summed E-state index contributed by atoms with van der Waals surface area (Å²) in [6.45, 7) is 4.34. The van der Waals surface area contributed by atoms with Crippen molar-refractivity contribution in [1.82, 2.24) is 4.72 Å². The fourth-order valence-corrected chi connectivity index (χ4v) is 3.48. The summed E-state index contributed by atoms with van der Waals surface area (Å²) in [6.07, 6.45) is 1.86. The van der Waals surface area contributed by atoms with Gasteiger partial charge in [-0.2, -0.15) is 0 Å². The number of amides is 1. The minimum Gasteiger partial charge on any atom is -0.494 e. The Morgan fingerprint density at radius 3 is 2.52 bits per heavy atom. The summed E-state index contributed by atoms with van der Waals surface area (Å²) in [4.78, 5) is 11.7. The highest BCUT2D eigenvalue weighted by Crippen LogP contribution is 2.22. The average molecular weight is 426 g/mol. The summed E-state index contributed by atoms with van der Waals surface area (Å²) in [6, 6.07) is 7.57. The lowest BCUT2D eigenvalue weighted by Gasteiger charge is -2.12. The number of nitrogens with one attached hydrogen (secondary N) is 2. The molecule has 0 atom stereocenters. The second kappa shape index (κ2) is 10.3. The van der Waals surface area contributed by atoms with E-state index in [1.54, 1.807) is 12.1 Å². The Labute approximate surface area is 169 Å². The second-order valence-corrected chi connectivity index (χ2v) is 8.22. The molecule has 0 aliphatic rings. The van der Waals surface area contributed by atoms with Crippen molar-refractivity contribution < 1.29 is 26.7 Å². The molecule has 6 nitrogen and oxygen atoms in total. The number of unbranched alkanes of at least 4 members (excludes halogenated alkanes) is 1. The zero-order valence-electron chi connectivity index (χ0n) is 16.3. The summed E-state index contributed by atoms with van der Waals surface area (Å²) < 4.78 is 58.1. The van der Waals surface area contributed by atoms with E-state index in [0.717, 1.165) is 30.5 Å². The molecule has 2 aromatic carbocycles. The van der Waals surface area contributed by atoms with Gasteiger partial charge in [0.2, 0.25) is 15.9 Å². The third-order valence-electron chi connectivity index (χ3n) is 4.08. The topological polar surface area (TPSA) is 84.5 Å². The van der Waals surface area contributed by atoms with Gasteiger partial charge in [0.25, 0.3) is 0 Å². The van der Waals surface area contributed by atoms with Crippen LogP contribution in [-0.2, 0) is 14.8 Å². The minimum absolute atomic E-state index is 0.128. The SMILES string of the molecule is CCCCOc1ccc(NC(=O)CCNS(=O)(=O)c2ccc(F)c(F)c2)c(C)c1. The lowest BCUT2D eigenvalue weighted by Crippen LogP contribution is -2.28. The Morgan fingerprint density at radius 1 is 1.10 bits per heavy atom. The molecule has 0 bridgehead atoms. The van der Waals surface area contributed by atoms with Crippen LogP contribution in [-0.4, -0.2) is 27.5 Å². The maximum atomic E-state index is 13.2. The van der Waals surface area contributed by atoms with E-state index in [4.69, 9.17) is 4.74 Å². The largest absolute Gasteiger partial charge is 0.494 e. The first kappa shape index (κ1) is 22.8. The van der Waals surface area contributed by atoms with Crippen molar-refractivity contribution in [2.75, 3.05) is 18.5 Å². The van der Waals surface area contributed by atoms with Crippen molar-refractivity contribution in [2.24, 2.45) is 0 Å². The van der Waals surface area contributed by atoms with Crippen LogP contribution in [0.1, 0.15) is 31.7 Å². The molecule has 2 N–H and O–H groups in total. The van der Waals surface area contributed by atoms with E-state index < -0.39 is 26.6 Å². The Morgan fingerprint density at radius 2 is 1.86 bits per heavy atom. The molecule has 0 unspecified atom stereocenters. The summed E-state index contributed by atoms with van der Waals surface area (Å²) >= 11 is 0. The van der Waals surface area contributed by atoms with Gasteiger partial charge in [-0.15, -0.1) is 0 Å². The molecule has 2 rings (SSSR count). The third kappa shape index (κ3) is 6.79. The average Bonchev–Trinajstić information content (AvgIpc) is 2.66. The minimum atomic E-state index is -4.05. The van der Waals surface area contributed by atoms with Crippen molar-refractivity contribution in [2.45, 2.75) is 38.0 Å². The first-order valence-electron chi connectivity index (χ1n) is 9.21. The summed E-state index contributed by atoms with van der Waals surface area (Å²) in [5, 5.41) is 2.71. The number of rotatable bonds is 10. The standard InChI is InChI=1S/C20H24F2N2O4S/c1-3-4-11-28-15-5-8-19(14(2)12-15)24-20(25)9-10-23-29(26,27)16-6-7-17(21)18(22)13-16/h5-8,12-13,23H,3-4,9-11H2,1-2H3,(H,24,25). The number of benzene rings is 2. The van der Waals surface area contributed by atoms with Crippen molar-refractivity contribution in [3.8, 4) is 5.75 Å². The lowest BCUT2D eigenvalue weighted by atomic mass is 10.2. The Balaban J connectivity index is 1.87. The fraction of sp³-hybridized carbons (Fsp3) is 0.350. The monoisotopic (exact) mass is 426 g/mol. The van der Waals surface area contributed by atoms with Gasteiger partial charge in [0.1, 0.15) is 5.75 Å². The van der Waals surface area contributed by atoms with Crippen molar-refractivity contribution in [1.29, 1.82) is 0 Å².